The number of aliphatic hydroxyl groups is 1. The van der Waals surface area contributed by atoms with Crippen molar-refractivity contribution in [1.29, 1.82) is 0 Å². The molecule has 1 aromatic carbocycles. The fourth-order valence-corrected chi connectivity index (χ4v) is 5.66. The number of fused-ring (bicyclic) bond motifs is 1. The monoisotopic (exact) mass is 570 g/mol. The van der Waals surface area contributed by atoms with Crippen LogP contribution < -0.4 is 9.64 Å². The molecular formula is C30H26N4O6S. The summed E-state index contributed by atoms with van der Waals surface area (Å²) in [6.07, 6.45) is 4.75. The van der Waals surface area contributed by atoms with Crippen molar-refractivity contribution in [3.05, 3.63) is 107 Å². The number of hydrogen-bond acceptors (Lipinski definition) is 9. The van der Waals surface area contributed by atoms with Gasteiger partial charge in [-0.05, 0) is 43.7 Å². The number of esters is 1. The van der Waals surface area contributed by atoms with E-state index in [-0.39, 0.29) is 40.2 Å². The molecule has 1 aliphatic rings. The van der Waals surface area contributed by atoms with Gasteiger partial charge in [-0.1, -0.05) is 54.8 Å². The van der Waals surface area contributed by atoms with Gasteiger partial charge in [-0.2, -0.15) is 0 Å². The van der Waals surface area contributed by atoms with Crippen molar-refractivity contribution in [3.63, 3.8) is 0 Å². The van der Waals surface area contributed by atoms with Gasteiger partial charge in [0.25, 0.3) is 5.78 Å². The van der Waals surface area contributed by atoms with E-state index in [1.165, 1.54) is 11.0 Å². The van der Waals surface area contributed by atoms with Crippen LogP contribution in [0, 0.1) is 13.8 Å². The number of nitrogens with zero attached hydrogens (tertiary/aromatic N) is 4. The van der Waals surface area contributed by atoms with Crippen LogP contribution in [-0.2, 0) is 14.3 Å². The lowest BCUT2D eigenvalue weighted by Gasteiger charge is -2.23. The second kappa shape index (κ2) is 11.2. The molecule has 3 aromatic heterocycles. The lowest BCUT2D eigenvalue weighted by Crippen LogP contribution is -2.29. The Kier molecular flexibility index (Phi) is 7.54. The summed E-state index contributed by atoms with van der Waals surface area (Å²) in [6.45, 7) is 10.8. The third-order valence-corrected chi connectivity index (χ3v) is 7.56. The minimum absolute atomic E-state index is 0.00613. The van der Waals surface area contributed by atoms with Crippen LogP contribution >= 0.6 is 11.3 Å². The van der Waals surface area contributed by atoms with Gasteiger partial charge in [-0.3, -0.25) is 18.9 Å². The number of hydrogen-bond donors (Lipinski definition) is 1. The number of pyridine rings is 1. The highest BCUT2D eigenvalue weighted by atomic mass is 32.1. The molecule has 41 heavy (non-hydrogen) atoms. The number of carbonyl (C=O) groups is 3. The lowest BCUT2D eigenvalue weighted by atomic mass is 9.96. The molecule has 10 nitrogen and oxygen atoms in total. The third-order valence-electron chi connectivity index (χ3n) is 6.42. The van der Waals surface area contributed by atoms with Crippen LogP contribution in [0.2, 0.25) is 0 Å². The van der Waals surface area contributed by atoms with Gasteiger partial charge in [0.1, 0.15) is 35.2 Å². The summed E-state index contributed by atoms with van der Waals surface area (Å²) in [5, 5.41) is 11.8. The molecule has 0 aliphatic carbocycles. The summed E-state index contributed by atoms with van der Waals surface area (Å²) < 4.78 is 12.5. The van der Waals surface area contributed by atoms with Crippen molar-refractivity contribution in [3.8, 4) is 5.75 Å². The molecule has 1 fully saturated rings. The van der Waals surface area contributed by atoms with Crippen LogP contribution in [0.5, 0.6) is 5.75 Å². The number of benzene rings is 1. The zero-order chi connectivity index (χ0) is 29.3. The highest BCUT2D eigenvalue weighted by Crippen LogP contribution is 2.44. The number of thiazole rings is 1. The molecule has 0 bridgehead atoms. The number of carbonyl (C=O) groups excluding carboxylic acids is 3. The van der Waals surface area contributed by atoms with Gasteiger partial charge in [0.2, 0.25) is 0 Å². The summed E-state index contributed by atoms with van der Waals surface area (Å²) in [5.41, 5.74) is 2.00. The topological polar surface area (TPSA) is 123 Å². The van der Waals surface area contributed by atoms with Gasteiger partial charge in [0.15, 0.2) is 10.9 Å². The Balaban J connectivity index is 1.72. The number of rotatable bonds is 9. The maximum absolute atomic E-state index is 13.7. The fraction of sp³-hybridized carbons (Fsp3) is 0.167. The number of imidazole rings is 1. The van der Waals surface area contributed by atoms with Gasteiger partial charge >= 0.3 is 11.9 Å². The Morgan fingerprint density at radius 1 is 1.07 bits per heavy atom. The highest BCUT2D eigenvalue weighted by molar-refractivity contribution is 7.17. The minimum atomic E-state index is -1.08. The summed E-state index contributed by atoms with van der Waals surface area (Å²) >= 11 is 0.921. The molecule has 4 heterocycles. The third kappa shape index (κ3) is 4.91. The smallest absolute Gasteiger partial charge is 0.350 e. The zero-order valence-electron chi connectivity index (χ0n) is 22.4. The highest BCUT2D eigenvalue weighted by Gasteiger charge is 2.49. The van der Waals surface area contributed by atoms with Crippen molar-refractivity contribution in [2.75, 3.05) is 18.1 Å². The Hall–Kier alpha value is -5.03. The second-order valence-corrected chi connectivity index (χ2v) is 10.1. The number of ether oxygens (including phenoxy) is 2. The Bertz CT molecular complexity index is 1750. The van der Waals surface area contributed by atoms with Gasteiger partial charge < -0.3 is 14.6 Å². The SMILES string of the molecule is C=CCOC(=O)c1sc(N2C(=O)C(=O)/C(=C(/O)c3c(C)nc4ccccn34)C2c2cccc(OCC=C)c2)nc1C. The van der Waals surface area contributed by atoms with E-state index in [9.17, 15) is 19.5 Å². The van der Waals surface area contributed by atoms with Crippen LogP contribution in [0.15, 0.2) is 79.5 Å². The van der Waals surface area contributed by atoms with E-state index in [1.54, 1.807) is 66.9 Å². The van der Waals surface area contributed by atoms with E-state index in [1.807, 2.05) is 6.07 Å². The van der Waals surface area contributed by atoms with Crippen LogP contribution in [0.1, 0.15) is 38.4 Å². The number of amides is 1. The Morgan fingerprint density at radius 3 is 2.61 bits per heavy atom. The molecule has 1 N–H and O–H groups in total. The molecule has 5 rings (SSSR count). The molecule has 0 spiro atoms. The van der Waals surface area contributed by atoms with E-state index in [0.717, 1.165) is 11.3 Å². The average Bonchev–Trinajstić information content (AvgIpc) is 3.60. The Morgan fingerprint density at radius 2 is 1.85 bits per heavy atom. The van der Waals surface area contributed by atoms with Crippen molar-refractivity contribution in [2.45, 2.75) is 19.9 Å². The number of aliphatic hydroxyl groups excluding tert-OH is 1. The number of anilines is 1. The summed E-state index contributed by atoms with van der Waals surface area (Å²) in [5.74, 6) is -2.34. The van der Waals surface area contributed by atoms with Gasteiger partial charge in [0, 0.05) is 6.20 Å². The summed E-state index contributed by atoms with van der Waals surface area (Å²) in [4.78, 5) is 50.3. The zero-order valence-corrected chi connectivity index (χ0v) is 23.2. The van der Waals surface area contributed by atoms with Crippen LogP contribution in [0.3, 0.4) is 0 Å². The Labute approximate surface area is 239 Å². The van der Waals surface area contributed by atoms with Crippen molar-refractivity contribution < 1.29 is 29.0 Å². The van der Waals surface area contributed by atoms with Crippen molar-refractivity contribution >= 4 is 45.5 Å². The molecule has 1 atom stereocenters. The maximum Gasteiger partial charge on any atom is 0.350 e. The van der Waals surface area contributed by atoms with Crippen molar-refractivity contribution in [2.24, 2.45) is 0 Å². The van der Waals surface area contributed by atoms with E-state index < -0.39 is 23.7 Å². The summed E-state index contributed by atoms with van der Waals surface area (Å²) in [7, 11) is 0. The van der Waals surface area contributed by atoms with Crippen LogP contribution in [0.25, 0.3) is 11.4 Å². The fourth-order valence-electron chi connectivity index (χ4n) is 4.68. The molecule has 1 amide bonds. The molecule has 0 saturated carbocycles. The van der Waals surface area contributed by atoms with Gasteiger partial charge in [-0.25, -0.2) is 14.8 Å². The molecule has 1 unspecified atom stereocenters. The van der Waals surface area contributed by atoms with Crippen LogP contribution in [-0.4, -0.2) is 50.3 Å². The number of aryl methyl sites for hydroxylation is 2. The first-order valence-electron chi connectivity index (χ1n) is 12.6. The van der Waals surface area contributed by atoms with Crippen molar-refractivity contribution in [1.82, 2.24) is 14.4 Å². The molecule has 208 valence electrons. The van der Waals surface area contributed by atoms with E-state index in [4.69, 9.17) is 9.47 Å². The standard InChI is InChI=1S/C30H26N4O6S/c1-5-14-39-20-11-9-10-19(16-20)24-22(25(35)23-17(3)31-21-12-7-8-13-33(21)23)26(36)28(37)34(24)30-32-18(4)27(41-30)29(38)40-15-6-2/h5-13,16,24,35H,1-2,14-15H2,3-4H3/b25-22+. The molecule has 1 aliphatic heterocycles. The average molecular weight is 571 g/mol. The largest absolute Gasteiger partial charge is 0.505 e. The lowest BCUT2D eigenvalue weighted by molar-refractivity contribution is -0.132. The first-order valence-corrected chi connectivity index (χ1v) is 13.4. The van der Waals surface area contributed by atoms with Gasteiger partial charge in [0.05, 0.1) is 23.0 Å². The second-order valence-electron chi connectivity index (χ2n) is 9.11. The predicted molar refractivity (Wildman–Crippen MR) is 154 cm³/mol. The quantitative estimate of drug-likeness (QED) is 0.0987. The maximum atomic E-state index is 13.7. The minimum Gasteiger partial charge on any atom is -0.505 e. The molecule has 4 aromatic rings. The molecule has 11 heteroatoms. The van der Waals surface area contributed by atoms with E-state index >= 15 is 0 Å². The normalized spacial score (nSPS) is 16.2. The number of aromatic nitrogens is 3. The number of ketones is 1. The molecular weight excluding hydrogens is 544 g/mol. The number of Topliss-reactive ketones (excluding diaryl/α,β-unsaturated/α-hetero) is 1. The molecule has 1 saturated heterocycles. The van der Waals surface area contributed by atoms with Gasteiger partial charge in [-0.15, -0.1) is 0 Å². The summed E-state index contributed by atoms with van der Waals surface area (Å²) in [6, 6.07) is 11.1. The predicted octanol–water partition coefficient (Wildman–Crippen LogP) is 4.94. The van der Waals surface area contributed by atoms with E-state index in [0.29, 0.717) is 28.3 Å². The van der Waals surface area contributed by atoms with E-state index in [2.05, 4.69) is 23.1 Å². The first-order chi connectivity index (χ1) is 19.8. The molecule has 0 radical (unpaired) electrons. The first kappa shape index (κ1) is 27.5. The van der Waals surface area contributed by atoms with Crippen LogP contribution in [0.4, 0.5) is 5.13 Å².